The summed E-state index contributed by atoms with van der Waals surface area (Å²) in [5, 5.41) is 2.97. The Hall–Kier alpha value is -3.02. The molecule has 6 heteroatoms. The summed E-state index contributed by atoms with van der Waals surface area (Å²) in [6, 6.07) is 18.1. The zero-order chi connectivity index (χ0) is 20.2. The molecular weight excluding hydrogens is 364 g/mol. The van der Waals surface area contributed by atoms with Crippen LogP contribution in [0, 0.1) is 0 Å². The zero-order valence-electron chi connectivity index (χ0n) is 16.9. The van der Waals surface area contributed by atoms with Crippen molar-refractivity contribution in [2.75, 3.05) is 31.5 Å². The van der Waals surface area contributed by atoms with E-state index in [4.69, 9.17) is 0 Å². The molecule has 4 amide bonds. The number of hydrogen-bond acceptors (Lipinski definition) is 2. The molecule has 0 radical (unpaired) electrons. The van der Waals surface area contributed by atoms with Crippen LogP contribution in [0.2, 0.25) is 0 Å². The highest BCUT2D eigenvalue weighted by Gasteiger charge is 2.38. The number of nitrogens with one attached hydrogen (secondary N) is 1. The molecule has 2 heterocycles. The highest BCUT2D eigenvalue weighted by atomic mass is 16.2. The van der Waals surface area contributed by atoms with E-state index in [9.17, 15) is 9.59 Å². The Kier molecular flexibility index (Phi) is 5.69. The van der Waals surface area contributed by atoms with E-state index in [-0.39, 0.29) is 18.1 Å². The number of amides is 4. The fraction of sp³-hybridized carbons (Fsp3) is 0.391. The van der Waals surface area contributed by atoms with E-state index in [2.05, 4.69) is 12.2 Å². The van der Waals surface area contributed by atoms with Crippen LogP contribution in [0.15, 0.2) is 54.6 Å². The van der Waals surface area contributed by atoms with Gasteiger partial charge in [0.05, 0.1) is 6.04 Å². The Balaban J connectivity index is 1.31. The molecule has 152 valence electrons. The minimum atomic E-state index is -0.0930. The summed E-state index contributed by atoms with van der Waals surface area (Å²) in [6.45, 7) is 5.47. The van der Waals surface area contributed by atoms with Crippen LogP contribution >= 0.6 is 0 Å². The summed E-state index contributed by atoms with van der Waals surface area (Å²) in [5.41, 5.74) is 3.20. The minimum Gasteiger partial charge on any atom is -0.322 e. The standard InChI is InChI=1S/C23H28N4O2/c1-2-18-8-10-20(11-9-18)24-22(28)25-13-12-21(17-25)27-15-14-26(23(27)29)16-19-6-4-3-5-7-19/h3-11,21H,2,12-17H2,1H3,(H,24,28)/t21-/m1/s1. The van der Waals surface area contributed by atoms with Crippen LogP contribution < -0.4 is 5.32 Å². The van der Waals surface area contributed by atoms with Gasteiger partial charge in [-0.2, -0.15) is 0 Å². The molecule has 2 aromatic rings. The van der Waals surface area contributed by atoms with Crippen LogP contribution in [0.4, 0.5) is 15.3 Å². The summed E-state index contributed by atoms with van der Waals surface area (Å²) in [5.74, 6) is 0. The average molecular weight is 393 g/mol. The van der Waals surface area contributed by atoms with Crippen LogP contribution in [0.3, 0.4) is 0 Å². The van der Waals surface area contributed by atoms with E-state index >= 15 is 0 Å². The molecule has 1 N–H and O–H groups in total. The molecule has 2 aromatic carbocycles. The van der Waals surface area contributed by atoms with E-state index in [1.54, 1.807) is 0 Å². The molecule has 0 saturated carbocycles. The number of hydrogen-bond donors (Lipinski definition) is 1. The molecule has 1 atom stereocenters. The topological polar surface area (TPSA) is 55.9 Å². The molecule has 2 aliphatic heterocycles. The van der Waals surface area contributed by atoms with Gasteiger partial charge in [-0.15, -0.1) is 0 Å². The Morgan fingerprint density at radius 3 is 2.48 bits per heavy atom. The van der Waals surface area contributed by atoms with Gasteiger partial charge in [0.25, 0.3) is 0 Å². The van der Waals surface area contributed by atoms with Crippen molar-refractivity contribution in [2.45, 2.75) is 32.4 Å². The van der Waals surface area contributed by atoms with Crippen molar-refractivity contribution in [2.24, 2.45) is 0 Å². The van der Waals surface area contributed by atoms with Crippen molar-refractivity contribution in [3.63, 3.8) is 0 Å². The predicted octanol–water partition coefficient (Wildman–Crippen LogP) is 3.79. The Morgan fingerprint density at radius 1 is 1.00 bits per heavy atom. The van der Waals surface area contributed by atoms with Gasteiger partial charge in [0, 0.05) is 38.4 Å². The fourth-order valence-electron chi connectivity index (χ4n) is 4.10. The number of aryl methyl sites for hydroxylation is 1. The first-order valence-electron chi connectivity index (χ1n) is 10.4. The van der Waals surface area contributed by atoms with Gasteiger partial charge < -0.3 is 20.0 Å². The van der Waals surface area contributed by atoms with Crippen molar-refractivity contribution in [1.82, 2.24) is 14.7 Å². The predicted molar refractivity (Wildman–Crippen MR) is 114 cm³/mol. The van der Waals surface area contributed by atoms with E-state index in [0.717, 1.165) is 37.2 Å². The highest BCUT2D eigenvalue weighted by molar-refractivity contribution is 5.89. The number of urea groups is 2. The Bertz CT molecular complexity index is 853. The maximum Gasteiger partial charge on any atom is 0.321 e. The van der Waals surface area contributed by atoms with Crippen molar-refractivity contribution >= 4 is 17.7 Å². The number of likely N-dealkylation sites (tertiary alicyclic amines) is 1. The molecule has 2 fully saturated rings. The maximum atomic E-state index is 12.9. The SMILES string of the molecule is CCc1ccc(NC(=O)N2CC[C@@H](N3CCN(Cc4ccccc4)C3=O)C2)cc1. The molecule has 0 unspecified atom stereocenters. The van der Waals surface area contributed by atoms with E-state index in [0.29, 0.717) is 19.6 Å². The molecule has 2 saturated heterocycles. The summed E-state index contributed by atoms with van der Waals surface area (Å²) in [7, 11) is 0. The van der Waals surface area contributed by atoms with Crippen LogP contribution in [0.1, 0.15) is 24.5 Å². The first kappa shape index (κ1) is 19.3. The molecule has 2 aliphatic rings. The van der Waals surface area contributed by atoms with Crippen molar-refractivity contribution < 1.29 is 9.59 Å². The van der Waals surface area contributed by atoms with Crippen LogP contribution in [-0.4, -0.2) is 59.0 Å². The summed E-state index contributed by atoms with van der Waals surface area (Å²) in [4.78, 5) is 31.1. The first-order chi connectivity index (χ1) is 14.1. The smallest absolute Gasteiger partial charge is 0.321 e. The van der Waals surface area contributed by atoms with E-state index in [1.807, 2.05) is 69.3 Å². The van der Waals surface area contributed by atoms with Gasteiger partial charge in [-0.05, 0) is 36.1 Å². The van der Waals surface area contributed by atoms with Crippen LogP contribution in [0.25, 0.3) is 0 Å². The normalized spacial score (nSPS) is 19.1. The molecule has 0 bridgehead atoms. The third-order valence-electron chi connectivity index (χ3n) is 5.85. The third kappa shape index (κ3) is 4.36. The van der Waals surface area contributed by atoms with Gasteiger partial charge in [-0.3, -0.25) is 0 Å². The second-order valence-electron chi connectivity index (χ2n) is 7.75. The van der Waals surface area contributed by atoms with Crippen molar-refractivity contribution in [1.29, 1.82) is 0 Å². The van der Waals surface area contributed by atoms with E-state index in [1.165, 1.54) is 5.56 Å². The lowest BCUT2D eigenvalue weighted by Crippen LogP contribution is -2.42. The van der Waals surface area contributed by atoms with E-state index < -0.39 is 0 Å². The average Bonchev–Trinajstić information content (AvgIpc) is 3.37. The molecule has 0 spiro atoms. The number of benzene rings is 2. The van der Waals surface area contributed by atoms with Gasteiger partial charge in [0.2, 0.25) is 0 Å². The number of carbonyl (C=O) groups is 2. The Labute approximate surface area is 172 Å². The monoisotopic (exact) mass is 392 g/mol. The zero-order valence-corrected chi connectivity index (χ0v) is 16.9. The first-order valence-corrected chi connectivity index (χ1v) is 10.4. The van der Waals surface area contributed by atoms with Crippen LogP contribution in [-0.2, 0) is 13.0 Å². The molecule has 0 aliphatic carbocycles. The lowest BCUT2D eigenvalue weighted by atomic mass is 10.1. The summed E-state index contributed by atoms with van der Waals surface area (Å²) < 4.78 is 0. The van der Waals surface area contributed by atoms with Gasteiger partial charge in [-0.25, -0.2) is 9.59 Å². The number of nitrogens with zero attached hydrogens (tertiary/aromatic N) is 3. The number of anilines is 1. The van der Waals surface area contributed by atoms with Crippen LogP contribution in [0.5, 0.6) is 0 Å². The van der Waals surface area contributed by atoms with Gasteiger partial charge >= 0.3 is 12.1 Å². The largest absolute Gasteiger partial charge is 0.322 e. The quantitative estimate of drug-likeness (QED) is 0.842. The summed E-state index contributed by atoms with van der Waals surface area (Å²) in [6.07, 6.45) is 1.81. The minimum absolute atomic E-state index is 0.0799. The molecule has 4 rings (SSSR count). The molecule has 29 heavy (non-hydrogen) atoms. The van der Waals surface area contributed by atoms with Crippen molar-refractivity contribution in [3.05, 3.63) is 65.7 Å². The van der Waals surface area contributed by atoms with Gasteiger partial charge in [0.1, 0.15) is 0 Å². The Morgan fingerprint density at radius 2 is 1.76 bits per heavy atom. The van der Waals surface area contributed by atoms with Crippen molar-refractivity contribution in [3.8, 4) is 0 Å². The highest BCUT2D eigenvalue weighted by Crippen LogP contribution is 2.23. The van der Waals surface area contributed by atoms with Gasteiger partial charge in [-0.1, -0.05) is 49.4 Å². The summed E-state index contributed by atoms with van der Waals surface area (Å²) >= 11 is 0. The third-order valence-corrected chi connectivity index (χ3v) is 5.85. The number of carbonyl (C=O) groups excluding carboxylic acids is 2. The second-order valence-corrected chi connectivity index (χ2v) is 7.75. The molecular formula is C23H28N4O2. The fourth-order valence-corrected chi connectivity index (χ4v) is 4.10. The van der Waals surface area contributed by atoms with Gasteiger partial charge in [0.15, 0.2) is 0 Å². The second kappa shape index (κ2) is 8.55. The lowest BCUT2D eigenvalue weighted by molar-refractivity contribution is 0.175. The lowest BCUT2D eigenvalue weighted by Gasteiger charge is -2.25. The molecule has 0 aromatic heterocycles. The molecule has 6 nitrogen and oxygen atoms in total. The maximum absolute atomic E-state index is 12.9. The number of rotatable bonds is 5.